The molecule has 0 aliphatic carbocycles. The van der Waals surface area contributed by atoms with Gasteiger partial charge >= 0.3 is 5.97 Å². The van der Waals surface area contributed by atoms with E-state index in [1.807, 2.05) is 18.2 Å². The summed E-state index contributed by atoms with van der Waals surface area (Å²) < 4.78 is 0. The molecule has 0 aromatic heterocycles. The van der Waals surface area contributed by atoms with Crippen LogP contribution in [0.3, 0.4) is 0 Å². The molecule has 2 unspecified atom stereocenters. The van der Waals surface area contributed by atoms with E-state index >= 15 is 0 Å². The number of aliphatic hydroxyl groups excluding tert-OH is 5. The van der Waals surface area contributed by atoms with Crippen molar-refractivity contribution in [2.24, 2.45) is 0 Å². The standard InChI is InChI=1S/C7H6O.C5H12O5.C4H6O2/c8-6-7-4-2-1-3-5-7;6-1-3(8)5(10)4(9)2-7;1-3(2)4(5)6/h1-6H;3-10H,1-2H2;1H2,2H3,(H,5,6). The van der Waals surface area contributed by atoms with Gasteiger partial charge in [-0.1, -0.05) is 36.9 Å². The second-order valence-corrected chi connectivity index (χ2v) is 4.60. The van der Waals surface area contributed by atoms with Gasteiger partial charge in [0.2, 0.25) is 0 Å². The summed E-state index contributed by atoms with van der Waals surface area (Å²) in [6, 6.07) is 9.10. The second kappa shape index (κ2) is 14.5. The van der Waals surface area contributed by atoms with Crippen molar-refractivity contribution in [3.8, 4) is 0 Å². The highest BCUT2D eigenvalue weighted by atomic mass is 16.4. The van der Waals surface area contributed by atoms with Gasteiger partial charge in [-0.25, -0.2) is 4.79 Å². The van der Waals surface area contributed by atoms with Crippen LogP contribution in [-0.4, -0.2) is 74.4 Å². The summed E-state index contributed by atoms with van der Waals surface area (Å²) in [5.74, 6) is -0.935. The molecule has 0 saturated heterocycles. The summed E-state index contributed by atoms with van der Waals surface area (Å²) >= 11 is 0. The molecular weight excluding hydrogens is 320 g/mol. The van der Waals surface area contributed by atoms with Crippen LogP contribution >= 0.6 is 0 Å². The van der Waals surface area contributed by atoms with E-state index in [1.165, 1.54) is 6.92 Å². The van der Waals surface area contributed by atoms with Gasteiger partial charge in [-0.15, -0.1) is 0 Å². The molecule has 24 heavy (non-hydrogen) atoms. The highest BCUT2D eigenvalue weighted by Gasteiger charge is 2.22. The summed E-state index contributed by atoms with van der Waals surface area (Å²) in [5, 5.41) is 50.5. The normalized spacial score (nSPS) is 13.1. The van der Waals surface area contributed by atoms with Crippen molar-refractivity contribution in [1.29, 1.82) is 0 Å². The van der Waals surface area contributed by atoms with Crippen molar-refractivity contribution in [2.75, 3.05) is 13.2 Å². The predicted molar refractivity (Wildman–Crippen MR) is 86.5 cm³/mol. The Morgan fingerprint density at radius 2 is 1.46 bits per heavy atom. The van der Waals surface area contributed by atoms with Crippen LogP contribution in [0.4, 0.5) is 0 Å². The molecule has 0 amide bonds. The third kappa shape index (κ3) is 12.4. The van der Waals surface area contributed by atoms with Crippen LogP contribution in [0.25, 0.3) is 0 Å². The molecule has 8 heteroatoms. The molecular formula is C16H24O8. The number of carboxylic acids is 1. The van der Waals surface area contributed by atoms with E-state index in [9.17, 15) is 9.59 Å². The average molecular weight is 344 g/mol. The van der Waals surface area contributed by atoms with E-state index in [4.69, 9.17) is 30.6 Å². The molecule has 2 atom stereocenters. The molecule has 0 spiro atoms. The fourth-order valence-electron chi connectivity index (χ4n) is 1.00. The van der Waals surface area contributed by atoms with E-state index in [0.29, 0.717) is 0 Å². The maximum absolute atomic E-state index is 10.0. The third-order valence-corrected chi connectivity index (χ3v) is 2.46. The van der Waals surface area contributed by atoms with Gasteiger partial charge in [-0.05, 0) is 6.92 Å². The Bertz CT molecular complexity index is 452. The summed E-state index contributed by atoms with van der Waals surface area (Å²) in [6.45, 7) is 3.32. The molecule has 0 aliphatic rings. The van der Waals surface area contributed by atoms with E-state index in [0.717, 1.165) is 11.8 Å². The Labute approximate surface area is 139 Å². The third-order valence-electron chi connectivity index (χ3n) is 2.46. The van der Waals surface area contributed by atoms with Crippen LogP contribution in [0.1, 0.15) is 17.3 Å². The zero-order valence-corrected chi connectivity index (χ0v) is 13.3. The van der Waals surface area contributed by atoms with Crippen LogP contribution in [0.15, 0.2) is 42.5 Å². The maximum atomic E-state index is 10.0. The number of aldehydes is 1. The lowest BCUT2D eigenvalue weighted by Crippen LogP contribution is -2.41. The summed E-state index contributed by atoms with van der Waals surface area (Å²) in [7, 11) is 0. The van der Waals surface area contributed by atoms with Gasteiger partial charge in [0.25, 0.3) is 0 Å². The molecule has 6 N–H and O–H groups in total. The highest BCUT2D eigenvalue weighted by Crippen LogP contribution is 1.98. The number of rotatable bonds is 6. The number of carboxylic acid groups (broad SMARTS) is 1. The first-order chi connectivity index (χ1) is 11.2. The Hall–Kier alpha value is -2.10. The SMILES string of the molecule is C=C(C)C(=O)O.O=Cc1ccccc1.OCC(O)C(O)C(O)CO. The Morgan fingerprint density at radius 1 is 1.08 bits per heavy atom. The first kappa shape index (κ1) is 24.2. The minimum Gasteiger partial charge on any atom is -0.478 e. The van der Waals surface area contributed by atoms with E-state index < -0.39 is 37.5 Å². The minimum atomic E-state index is -1.49. The van der Waals surface area contributed by atoms with Gasteiger partial charge in [-0.2, -0.15) is 0 Å². The molecule has 0 heterocycles. The van der Waals surface area contributed by atoms with Gasteiger partial charge in [0.05, 0.1) is 13.2 Å². The van der Waals surface area contributed by atoms with Crippen LogP contribution < -0.4 is 0 Å². The summed E-state index contributed by atoms with van der Waals surface area (Å²) in [4.78, 5) is 19.6. The number of benzene rings is 1. The zero-order valence-electron chi connectivity index (χ0n) is 13.3. The van der Waals surface area contributed by atoms with Crippen molar-refractivity contribution in [3.63, 3.8) is 0 Å². The number of aliphatic carboxylic acids is 1. The summed E-state index contributed by atoms with van der Waals surface area (Å²) in [6.07, 6.45) is -3.46. The van der Waals surface area contributed by atoms with E-state index in [-0.39, 0.29) is 5.57 Å². The molecule has 136 valence electrons. The van der Waals surface area contributed by atoms with Crippen LogP contribution in [0, 0.1) is 0 Å². The molecule has 0 aliphatic heterocycles. The zero-order chi connectivity index (χ0) is 19.1. The van der Waals surface area contributed by atoms with Crippen molar-refractivity contribution in [1.82, 2.24) is 0 Å². The average Bonchev–Trinajstić information content (AvgIpc) is 2.61. The molecule has 1 rings (SSSR count). The van der Waals surface area contributed by atoms with Crippen LogP contribution in [-0.2, 0) is 4.79 Å². The number of carbonyl (C=O) groups is 2. The lowest BCUT2D eigenvalue weighted by Gasteiger charge is -2.19. The fourth-order valence-corrected chi connectivity index (χ4v) is 1.00. The number of aliphatic hydroxyl groups is 5. The van der Waals surface area contributed by atoms with Crippen LogP contribution in [0.5, 0.6) is 0 Å². The fraction of sp³-hybridized carbons (Fsp3) is 0.375. The second-order valence-electron chi connectivity index (χ2n) is 4.60. The monoisotopic (exact) mass is 344 g/mol. The Balaban J connectivity index is 0. The Kier molecular flexibility index (Phi) is 14.6. The molecule has 1 aromatic carbocycles. The van der Waals surface area contributed by atoms with Crippen molar-refractivity contribution in [3.05, 3.63) is 48.0 Å². The maximum Gasteiger partial charge on any atom is 0.330 e. The molecule has 0 radical (unpaired) electrons. The highest BCUT2D eigenvalue weighted by molar-refractivity contribution is 5.84. The van der Waals surface area contributed by atoms with Crippen LogP contribution in [0.2, 0.25) is 0 Å². The lowest BCUT2D eigenvalue weighted by molar-refractivity contribution is -0.132. The molecule has 1 aromatic rings. The number of hydrogen-bond acceptors (Lipinski definition) is 7. The van der Waals surface area contributed by atoms with Gasteiger partial charge in [0.1, 0.15) is 24.6 Å². The van der Waals surface area contributed by atoms with Gasteiger partial charge in [0, 0.05) is 11.1 Å². The minimum absolute atomic E-state index is 0.176. The largest absolute Gasteiger partial charge is 0.478 e. The quantitative estimate of drug-likeness (QED) is 0.289. The smallest absolute Gasteiger partial charge is 0.330 e. The number of carbonyl (C=O) groups excluding carboxylic acids is 1. The first-order valence-electron chi connectivity index (χ1n) is 6.86. The van der Waals surface area contributed by atoms with Gasteiger partial charge in [0.15, 0.2) is 0 Å². The molecule has 0 saturated carbocycles. The van der Waals surface area contributed by atoms with E-state index in [1.54, 1.807) is 12.1 Å². The van der Waals surface area contributed by atoms with Crippen molar-refractivity contribution >= 4 is 12.3 Å². The number of hydrogen-bond donors (Lipinski definition) is 6. The molecule has 8 nitrogen and oxygen atoms in total. The topological polar surface area (TPSA) is 156 Å². The molecule has 0 bridgehead atoms. The van der Waals surface area contributed by atoms with Crippen molar-refractivity contribution in [2.45, 2.75) is 25.2 Å². The predicted octanol–water partition coefficient (Wildman–Crippen LogP) is -0.800. The van der Waals surface area contributed by atoms with Crippen molar-refractivity contribution < 1.29 is 40.2 Å². The van der Waals surface area contributed by atoms with Gasteiger partial charge < -0.3 is 30.6 Å². The van der Waals surface area contributed by atoms with E-state index in [2.05, 4.69) is 6.58 Å². The first-order valence-corrected chi connectivity index (χ1v) is 6.86. The van der Waals surface area contributed by atoms with Gasteiger partial charge in [-0.3, -0.25) is 4.79 Å². The molecule has 0 fully saturated rings. The lowest BCUT2D eigenvalue weighted by atomic mass is 10.1. The Morgan fingerprint density at radius 3 is 1.67 bits per heavy atom. The summed E-state index contributed by atoms with van der Waals surface area (Å²) in [5.41, 5.74) is 0.905.